The van der Waals surface area contributed by atoms with Crippen molar-refractivity contribution in [2.75, 3.05) is 0 Å². The van der Waals surface area contributed by atoms with Crippen molar-refractivity contribution in [1.29, 1.82) is 0 Å². The number of para-hydroxylation sites is 1. The minimum Gasteiger partial charge on any atom is -0.319 e. The molecule has 0 fully saturated rings. The van der Waals surface area contributed by atoms with Gasteiger partial charge < -0.3 is 5.73 Å². The normalized spacial score (nSPS) is 20.8. The number of nitrogens with zero attached hydrogens (tertiary/aromatic N) is 1. The van der Waals surface area contributed by atoms with Gasteiger partial charge in [-0.25, -0.2) is 0 Å². The number of allylic oxidation sites excluding steroid dienone is 1. The molecule has 2 nitrogen and oxygen atoms in total. The third kappa shape index (κ3) is 2.91. The second-order valence-corrected chi connectivity index (χ2v) is 5.64. The second kappa shape index (κ2) is 6.19. The van der Waals surface area contributed by atoms with Gasteiger partial charge in [0.1, 0.15) is 0 Å². The fourth-order valence-corrected chi connectivity index (χ4v) is 2.94. The van der Waals surface area contributed by atoms with Gasteiger partial charge in [-0.05, 0) is 37.8 Å². The lowest BCUT2D eigenvalue weighted by atomic mass is 9.93. The Kier molecular flexibility index (Phi) is 4.12. The smallest absolute Gasteiger partial charge is 0.0706 e. The Hall–Kier alpha value is -1.67. The number of hydrogen-bond donors (Lipinski definition) is 1. The maximum absolute atomic E-state index is 6.45. The minimum atomic E-state index is -0.0438. The van der Waals surface area contributed by atoms with Crippen molar-refractivity contribution in [2.45, 2.75) is 44.6 Å². The van der Waals surface area contributed by atoms with E-state index in [9.17, 15) is 0 Å². The molecule has 104 valence electrons. The molecule has 1 aromatic carbocycles. The van der Waals surface area contributed by atoms with E-state index in [0.29, 0.717) is 0 Å². The molecule has 1 unspecified atom stereocenters. The summed E-state index contributed by atoms with van der Waals surface area (Å²) in [4.78, 5) is 4.74. The minimum absolute atomic E-state index is 0.0438. The summed E-state index contributed by atoms with van der Waals surface area (Å²) in [7, 11) is 0. The van der Waals surface area contributed by atoms with E-state index in [2.05, 4.69) is 30.3 Å². The quantitative estimate of drug-likeness (QED) is 0.812. The molecular formula is C18H22N2. The molecule has 0 bridgehead atoms. The number of hydrogen-bond acceptors (Lipinski definition) is 2. The fourth-order valence-electron chi connectivity index (χ4n) is 2.94. The van der Waals surface area contributed by atoms with Crippen molar-refractivity contribution in [3.63, 3.8) is 0 Å². The zero-order chi connectivity index (χ0) is 13.8. The van der Waals surface area contributed by atoms with Crippen LogP contribution in [0.4, 0.5) is 0 Å². The standard InChI is InChI=1S/C18H22N2/c19-18(15-9-4-2-1-3-5-10-15)17-13-12-14-8-6-7-11-16(14)20-17/h6-9,11-13,18H,1-5,10,19H2/b15-9+. The molecule has 0 radical (unpaired) electrons. The van der Waals surface area contributed by atoms with Crippen LogP contribution in [0.5, 0.6) is 0 Å². The average Bonchev–Trinajstić information content (AvgIpc) is 2.46. The van der Waals surface area contributed by atoms with Gasteiger partial charge >= 0.3 is 0 Å². The number of benzene rings is 1. The summed E-state index contributed by atoms with van der Waals surface area (Å²) in [6.07, 6.45) is 9.87. The highest BCUT2D eigenvalue weighted by molar-refractivity contribution is 5.78. The fraction of sp³-hybridized carbons (Fsp3) is 0.389. The van der Waals surface area contributed by atoms with Crippen molar-refractivity contribution in [3.8, 4) is 0 Å². The third-order valence-corrected chi connectivity index (χ3v) is 4.16. The van der Waals surface area contributed by atoms with Crippen LogP contribution in [0, 0.1) is 0 Å². The summed E-state index contributed by atoms with van der Waals surface area (Å²) in [5.41, 5.74) is 9.85. The zero-order valence-electron chi connectivity index (χ0n) is 11.9. The van der Waals surface area contributed by atoms with Gasteiger partial charge in [0.05, 0.1) is 17.3 Å². The van der Waals surface area contributed by atoms with E-state index in [-0.39, 0.29) is 6.04 Å². The molecule has 2 N–H and O–H groups in total. The van der Waals surface area contributed by atoms with Gasteiger partial charge in [0, 0.05) is 5.39 Å². The number of rotatable bonds is 2. The Bertz CT molecular complexity index is 616. The van der Waals surface area contributed by atoms with Crippen LogP contribution in [0.1, 0.15) is 50.3 Å². The molecule has 0 spiro atoms. The number of aromatic nitrogens is 1. The van der Waals surface area contributed by atoms with Crippen LogP contribution < -0.4 is 5.73 Å². The Labute approximate surface area is 120 Å². The van der Waals surface area contributed by atoms with Gasteiger partial charge in [-0.3, -0.25) is 4.98 Å². The summed E-state index contributed by atoms with van der Waals surface area (Å²) in [5.74, 6) is 0. The van der Waals surface area contributed by atoms with Crippen LogP contribution in [0.3, 0.4) is 0 Å². The van der Waals surface area contributed by atoms with Gasteiger partial charge in [0.15, 0.2) is 0 Å². The molecule has 0 saturated heterocycles. The molecule has 1 heterocycles. The molecule has 1 aliphatic rings. The SMILES string of the molecule is NC(/C1=C/CCCCCC1)c1ccc2ccccc2n1. The third-order valence-electron chi connectivity index (χ3n) is 4.16. The summed E-state index contributed by atoms with van der Waals surface area (Å²) in [5, 5.41) is 1.18. The molecule has 1 aromatic heterocycles. The average molecular weight is 266 g/mol. The van der Waals surface area contributed by atoms with Crippen LogP contribution >= 0.6 is 0 Å². The summed E-state index contributed by atoms with van der Waals surface area (Å²) in [6, 6.07) is 12.4. The maximum atomic E-state index is 6.45. The lowest BCUT2D eigenvalue weighted by molar-refractivity contribution is 0.600. The van der Waals surface area contributed by atoms with Crippen LogP contribution in [0.15, 0.2) is 48.0 Å². The highest BCUT2D eigenvalue weighted by atomic mass is 14.8. The monoisotopic (exact) mass is 266 g/mol. The maximum Gasteiger partial charge on any atom is 0.0706 e. The summed E-state index contributed by atoms with van der Waals surface area (Å²) in [6.45, 7) is 0. The zero-order valence-corrected chi connectivity index (χ0v) is 11.9. The van der Waals surface area contributed by atoms with E-state index in [1.165, 1.54) is 36.6 Å². The van der Waals surface area contributed by atoms with Crippen LogP contribution in [-0.4, -0.2) is 4.98 Å². The van der Waals surface area contributed by atoms with Crippen molar-refractivity contribution >= 4 is 10.9 Å². The topological polar surface area (TPSA) is 38.9 Å². The summed E-state index contributed by atoms with van der Waals surface area (Å²) < 4.78 is 0. The predicted octanol–water partition coefficient (Wildman–Crippen LogP) is 4.52. The molecule has 2 heteroatoms. The van der Waals surface area contributed by atoms with Crippen molar-refractivity contribution in [3.05, 3.63) is 53.7 Å². The van der Waals surface area contributed by atoms with Crippen molar-refractivity contribution < 1.29 is 0 Å². The molecule has 1 aliphatic carbocycles. The van der Waals surface area contributed by atoms with Crippen LogP contribution in [-0.2, 0) is 0 Å². The first-order chi connectivity index (χ1) is 9.84. The van der Waals surface area contributed by atoms with Gasteiger partial charge in [-0.2, -0.15) is 0 Å². The predicted molar refractivity (Wildman–Crippen MR) is 84.5 cm³/mol. The van der Waals surface area contributed by atoms with E-state index in [4.69, 9.17) is 10.7 Å². The molecule has 1 atom stereocenters. The molecule has 0 aliphatic heterocycles. The summed E-state index contributed by atoms with van der Waals surface area (Å²) >= 11 is 0. The first-order valence-corrected chi connectivity index (χ1v) is 7.65. The lowest BCUT2D eigenvalue weighted by Crippen LogP contribution is -2.15. The molecule has 20 heavy (non-hydrogen) atoms. The van der Waals surface area contributed by atoms with Gasteiger partial charge in [0.2, 0.25) is 0 Å². The second-order valence-electron chi connectivity index (χ2n) is 5.64. The molecular weight excluding hydrogens is 244 g/mol. The van der Waals surface area contributed by atoms with E-state index in [1.807, 2.05) is 12.1 Å². The molecule has 3 rings (SSSR count). The van der Waals surface area contributed by atoms with E-state index in [0.717, 1.165) is 24.1 Å². The molecule has 2 aromatic rings. The van der Waals surface area contributed by atoms with E-state index < -0.39 is 0 Å². The van der Waals surface area contributed by atoms with Gasteiger partial charge in [-0.1, -0.05) is 48.8 Å². The van der Waals surface area contributed by atoms with Gasteiger partial charge in [0.25, 0.3) is 0 Å². The Morgan fingerprint density at radius 2 is 1.80 bits per heavy atom. The van der Waals surface area contributed by atoms with Crippen LogP contribution in [0.2, 0.25) is 0 Å². The van der Waals surface area contributed by atoms with E-state index >= 15 is 0 Å². The van der Waals surface area contributed by atoms with Crippen molar-refractivity contribution in [1.82, 2.24) is 4.98 Å². The first kappa shape index (κ1) is 13.3. The first-order valence-electron chi connectivity index (χ1n) is 7.65. The molecule has 0 saturated carbocycles. The number of fused-ring (bicyclic) bond motifs is 1. The highest BCUT2D eigenvalue weighted by Gasteiger charge is 2.14. The Balaban J connectivity index is 1.88. The Morgan fingerprint density at radius 3 is 2.75 bits per heavy atom. The van der Waals surface area contributed by atoms with Crippen LogP contribution in [0.25, 0.3) is 10.9 Å². The molecule has 0 amide bonds. The van der Waals surface area contributed by atoms with Crippen molar-refractivity contribution in [2.24, 2.45) is 5.73 Å². The Morgan fingerprint density at radius 1 is 0.950 bits per heavy atom. The highest BCUT2D eigenvalue weighted by Crippen LogP contribution is 2.27. The largest absolute Gasteiger partial charge is 0.319 e. The van der Waals surface area contributed by atoms with E-state index in [1.54, 1.807) is 0 Å². The number of nitrogens with two attached hydrogens (primary N) is 1. The number of pyridine rings is 1. The lowest BCUT2D eigenvalue weighted by Gasteiger charge is -2.18. The van der Waals surface area contributed by atoms with Gasteiger partial charge in [-0.15, -0.1) is 0 Å².